The van der Waals surface area contributed by atoms with Crippen LogP contribution in [-0.2, 0) is 4.79 Å². The molecule has 0 unspecified atom stereocenters. The molecule has 7 heteroatoms. The van der Waals surface area contributed by atoms with Crippen LogP contribution in [0.3, 0.4) is 0 Å². The average molecular weight is 391 g/mol. The molecule has 3 atom stereocenters. The third-order valence-electron chi connectivity index (χ3n) is 6.64. The second kappa shape index (κ2) is 7.46. The summed E-state index contributed by atoms with van der Waals surface area (Å²) in [6.07, 6.45) is 7.19. The van der Waals surface area contributed by atoms with E-state index in [4.69, 9.17) is 0 Å². The van der Waals surface area contributed by atoms with E-state index < -0.39 is 0 Å². The van der Waals surface area contributed by atoms with Gasteiger partial charge in [0.2, 0.25) is 5.91 Å². The fraction of sp³-hybridized carbons (Fsp3) is 0.455. The summed E-state index contributed by atoms with van der Waals surface area (Å²) in [7, 11) is 0. The SMILES string of the molecule is O=C([C@@H]1[C@H]2CC[C@@H]1N(C(=O)c1ccccn1)C2)N1CCN(c2ccncc2)CC1. The fourth-order valence-electron chi connectivity index (χ4n) is 5.19. The van der Waals surface area contributed by atoms with Crippen molar-refractivity contribution < 1.29 is 9.59 Å². The quantitative estimate of drug-likeness (QED) is 0.796. The number of hydrogen-bond acceptors (Lipinski definition) is 5. The highest BCUT2D eigenvalue weighted by molar-refractivity contribution is 5.94. The molecule has 4 heterocycles. The zero-order valence-corrected chi connectivity index (χ0v) is 16.4. The van der Waals surface area contributed by atoms with Gasteiger partial charge in [-0.15, -0.1) is 0 Å². The van der Waals surface area contributed by atoms with Crippen LogP contribution in [0.1, 0.15) is 23.3 Å². The van der Waals surface area contributed by atoms with Crippen LogP contribution < -0.4 is 4.90 Å². The van der Waals surface area contributed by atoms with Gasteiger partial charge in [0, 0.05) is 63.0 Å². The highest BCUT2D eigenvalue weighted by atomic mass is 16.2. The van der Waals surface area contributed by atoms with E-state index in [0.29, 0.717) is 12.2 Å². The fourth-order valence-corrected chi connectivity index (χ4v) is 5.19. The van der Waals surface area contributed by atoms with Crippen molar-refractivity contribution in [2.75, 3.05) is 37.6 Å². The molecule has 5 rings (SSSR count). The van der Waals surface area contributed by atoms with Crippen molar-refractivity contribution in [1.29, 1.82) is 0 Å². The molecular formula is C22H25N5O2. The minimum atomic E-state index is -0.0601. The van der Waals surface area contributed by atoms with Crippen molar-refractivity contribution in [3.05, 3.63) is 54.6 Å². The van der Waals surface area contributed by atoms with E-state index in [1.807, 2.05) is 34.1 Å². The summed E-state index contributed by atoms with van der Waals surface area (Å²) in [5.74, 6) is 0.398. The Balaban J connectivity index is 1.25. The smallest absolute Gasteiger partial charge is 0.272 e. The zero-order chi connectivity index (χ0) is 19.8. The molecule has 2 bridgehead atoms. The maximum Gasteiger partial charge on any atom is 0.272 e. The number of pyridine rings is 2. The van der Waals surface area contributed by atoms with Gasteiger partial charge in [-0.25, -0.2) is 0 Å². The van der Waals surface area contributed by atoms with Gasteiger partial charge in [0.15, 0.2) is 0 Å². The summed E-state index contributed by atoms with van der Waals surface area (Å²) < 4.78 is 0. The minimum absolute atomic E-state index is 0.0141. The number of likely N-dealkylation sites (tertiary alicyclic amines) is 1. The Labute approximate surface area is 170 Å². The van der Waals surface area contributed by atoms with Gasteiger partial charge in [-0.05, 0) is 43.0 Å². The van der Waals surface area contributed by atoms with Crippen molar-refractivity contribution in [2.24, 2.45) is 11.8 Å². The molecule has 0 N–H and O–H groups in total. The molecule has 29 heavy (non-hydrogen) atoms. The summed E-state index contributed by atoms with van der Waals surface area (Å²) in [5, 5.41) is 0. The number of anilines is 1. The first kappa shape index (κ1) is 18.1. The largest absolute Gasteiger partial charge is 0.368 e. The van der Waals surface area contributed by atoms with Gasteiger partial charge < -0.3 is 14.7 Å². The Hall–Kier alpha value is -2.96. The molecule has 2 aliphatic heterocycles. The predicted molar refractivity (Wildman–Crippen MR) is 108 cm³/mol. The molecule has 150 valence electrons. The topological polar surface area (TPSA) is 69.6 Å². The van der Waals surface area contributed by atoms with E-state index in [-0.39, 0.29) is 29.7 Å². The van der Waals surface area contributed by atoms with Crippen LogP contribution in [0.5, 0.6) is 0 Å². The number of aromatic nitrogens is 2. The Morgan fingerprint density at radius 3 is 2.45 bits per heavy atom. The summed E-state index contributed by atoms with van der Waals surface area (Å²) in [6.45, 7) is 3.78. The lowest BCUT2D eigenvalue weighted by atomic mass is 9.96. The lowest BCUT2D eigenvalue weighted by Gasteiger charge is -2.37. The first-order chi connectivity index (χ1) is 14.2. The molecule has 3 aliphatic rings. The highest BCUT2D eigenvalue weighted by Gasteiger charge is 2.53. The van der Waals surface area contributed by atoms with E-state index in [1.54, 1.807) is 24.7 Å². The van der Waals surface area contributed by atoms with Crippen LogP contribution in [0, 0.1) is 11.8 Å². The summed E-state index contributed by atoms with van der Waals surface area (Å²) >= 11 is 0. The normalized spacial score (nSPS) is 26.1. The molecule has 2 saturated heterocycles. The number of rotatable bonds is 3. The van der Waals surface area contributed by atoms with Crippen LogP contribution >= 0.6 is 0 Å². The van der Waals surface area contributed by atoms with Crippen molar-refractivity contribution in [2.45, 2.75) is 18.9 Å². The highest BCUT2D eigenvalue weighted by Crippen LogP contribution is 2.44. The van der Waals surface area contributed by atoms with Gasteiger partial charge in [-0.3, -0.25) is 19.6 Å². The van der Waals surface area contributed by atoms with Gasteiger partial charge in [-0.1, -0.05) is 6.07 Å². The number of carbonyl (C=O) groups is 2. The maximum atomic E-state index is 13.4. The van der Waals surface area contributed by atoms with Gasteiger partial charge in [0.05, 0.1) is 5.92 Å². The van der Waals surface area contributed by atoms with Gasteiger partial charge in [0.1, 0.15) is 5.69 Å². The molecule has 0 aromatic carbocycles. The Kier molecular flexibility index (Phi) is 4.66. The van der Waals surface area contributed by atoms with Crippen LogP contribution in [-0.4, -0.2) is 70.3 Å². The van der Waals surface area contributed by atoms with Crippen molar-refractivity contribution in [3.63, 3.8) is 0 Å². The summed E-state index contributed by atoms with van der Waals surface area (Å²) in [5.41, 5.74) is 1.62. The summed E-state index contributed by atoms with van der Waals surface area (Å²) in [6, 6.07) is 9.43. The number of hydrogen-bond donors (Lipinski definition) is 0. The van der Waals surface area contributed by atoms with E-state index >= 15 is 0 Å². The van der Waals surface area contributed by atoms with E-state index in [0.717, 1.165) is 44.7 Å². The summed E-state index contributed by atoms with van der Waals surface area (Å²) in [4.78, 5) is 40.7. The maximum absolute atomic E-state index is 13.4. The van der Waals surface area contributed by atoms with Crippen LogP contribution in [0.2, 0.25) is 0 Å². The lowest BCUT2D eigenvalue weighted by molar-refractivity contribution is -0.136. The molecule has 0 radical (unpaired) electrons. The third kappa shape index (κ3) is 3.24. The number of piperidine rings is 1. The van der Waals surface area contributed by atoms with E-state index in [2.05, 4.69) is 14.9 Å². The van der Waals surface area contributed by atoms with Crippen LogP contribution in [0.4, 0.5) is 5.69 Å². The van der Waals surface area contributed by atoms with Gasteiger partial charge in [-0.2, -0.15) is 0 Å². The minimum Gasteiger partial charge on any atom is -0.368 e. The molecule has 1 saturated carbocycles. The standard InChI is InChI=1S/C22H25N5O2/c28-21(18-3-1-2-8-24-18)27-15-16-4-5-19(27)20(16)22(29)26-13-11-25(12-14-26)17-6-9-23-10-7-17/h1-3,6-10,16,19-20H,4-5,11-15H2/t16-,19-,20+/m0/s1. The number of nitrogens with zero attached hydrogens (tertiary/aromatic N) is 5. The van der Waals surface area contributed by atoms with E-state index in [1.165, 1.54) is 0 Å². The zero-order valence-electron chi connectivity index (χ0n) is 16.4. The molecule has 2 amide bonds. The molecule has 2 aromatic heterocycles. The molecule has 0 spiro atoms. The first-order valence-electron chi connectivity index (χ1n) is 10.4. The number of carbonyl (C=O) groups excluding carboxylic acids is 2. The first-order valence-corrected chi connectivity index (χ1v) is 10.4. The number of fused-ring (bicyclic) bond motifs is 2. The molecule has 2 aromatic rings. The number of piperazine rings is 1. The Morgan fingerprint density at radius 1 is 0.931 bits per heavy atom. The molecule has 1 aliphatic carbocycles. The van der Waals surface area contributed by atoms with Gasteiger partial charge in [0.25, 0.3) is 5.91 Å². The molecule has 7 nitrogen and oxygen atoms in total. The second-order valence-electron chi connectivity index (χ2n) is 8.12. The molecular weight excluding hydrogens is 366 g/mol. The Morgan fingerprint density at radius 2 is 1.72 bits per heavy atom. The van der Waals surface area contributed by atoms with Crippen molar-refractivity contribution in [1.82, 2.24) is 19.8 Å². The van der Waals surface area contributed by atoms with E-state index in [9.17, 15) is 9.59 Å². The Bertz CT molecular complexity index is 883. The van der Waals surface area contributed by atoms with Gasteiger partial charge >= 0.3 is 0 Å². The third-order valence-corrected chi connectivity index (χ3v) is 6.64. The lowest BCUT2D eigenvalue weighted by Crippen LogP contribution is -2.52. The molecule has 3 fully saturated rings. The predicted octanol–water partition coefficient (Wildman–Crippen LogP) is 1.68. The van der Waals surface area contributed by atoms with Crippen molar-refractivity contribution in [3.8, 4) is 0 Å². The second-order valence-corrected chi connectivity index (χ2v) is 8.12. The van der Waals surface area contributed by atoms with Crippen LogP contribution in [0.15, 0.2) is 48.9 Å². The number of amides is 2. The monoisotopic (exact) mass is 391 g/mol. The average Bonchev–Trinajstić information content (AvgIpc) is 3.38. The van der Waals surface area contributed by atoms with Crippen molar-refractivity contribution >= 4 is 17.5 Å². The van der Waals surface area contributed by atoms with Crippen LogP contribution in [0.25, 0.3) is 0 Å².